The van der Waals surface area contributed by atoms with Gasteiger partial charge < -0.3 is 15.2 Å². The summed E-state index contributed by atoms with van der Waals surface area (Å²) < 4.78 is 2.91. The summed E-state index contributed by atoms with van der Waals surface area (Å²) in [5.41, 5.74) is 0.654. The second-order valence-electron chi connectivity index (χ2n) is 4.36. The SMILES string of the molecule is CNC(=O)CCNC(=O)c1cc(Br)cn1C1CC1. The van der Waals surface area contributed by atoms with Crippen LogP contribution in [0.5, 0.6) is 0 Å². The van der Waals surface area contributed by atoms with E-state index in [2.05, 4.69) is 26.6 Å². The van der Waals surface area contributed by atoms with Crippen molar-refractivity contribution in [3.63, 3.8) is 0 Å². The lowest BCUT2D eigenvalue weighted by molar-refractivity contribution is -0.120. The van der Waals surface area contributed by atoms with Gasteiger partial charge in [-0.2, -0.15) is 0 Å². The topological polar surface area (TPSA) is 63.1 Å². The summed E-state index contributed by atoms with van der Waals surface area (Å²) in [5, 5.41) is 5.28. The molecule has 1 aromatic heterocycles. The molecule has 1 aliphatic rings. The fourth-order valence-corrected chi connectivity index (χ4v) is 2.22. The molecule has 0 atom stereocenters. The van der Waals surface area contributed by atoms with Crippen LogP contribution >= 0.6 is 15.9 Å². The summed E-state index contributed by atoms with van der Waals surface area (Å²) >= 11 is 3.39. The van der Waals surface area contributed by atoms with Gasteiger partial charge in [-0.25, -0.2) is 0 Å². The maximum Gasteiger partial charge on any atom is 0.267 e. The van der Waals surface area contributed by atoms with Gasteiger partial charge in [0.05, 0.1) is 0 Å². The zero-order valence-electron chi connectivity index (χ0n) is 10.2. The van der Waals surface area contributed by atoms with Crippen LogP contribution in [-0.2, 0) is 4.79 Å². The first-order valence-electron chi connectivity index (χ1n) is 5.98. The Morgan fingerprint density at radius 2 is 2.22 bits per heavy atom. The molecule has 1 aromatic rings. The lowest BCUT2D eigenvalue weighted by atomic mass is 10.3. The molecule has 1 aliphatic carbocycles. The third-order valence-electron chi connectivity index (χ3n) is 2.90. The standard InChI is InChI=1S/C12H16BrN3O2/c1-14-11(17)4-5-15-12(18)10-6-8(13)7-16(10)9-2-3-9/h6-7,9H,2-5H2,1H3,(H,14,17)(H,15,18). The van der Waals surface area contributed by atoms with Crippen molar-refractivity contribution < 1.29 is 9.59 Å². The molecule has 0 aliphatic heterocycles. The summed E-state index contributed by atoms with van der Waals surface area (Å²) in [6.07, 6.45) is 4.48. The molecule has 0 radical (unpaired) electrons. The van der Waals surface area contributed by atoms with E-state index in [1.54, 1.807) is 7.05 Å². The first kappa shape index (κ1) is 13.1. The van der Waals surface area contributed by atoms with Crippen LogP contribution in [-0.4, -0.2) is 30.0 Å². The van der Waals surface area contributed by atoms with Crippen LogP contribution in [0.15, 0.2) is 16.7 Å². The minimum atomic E-state index is -0.128. The number of carbonyl (C=O) groups is 2. The van der Waals surface area contributed by atoms with Gasteiger partial charge >= 0.3 is 0 Å². The lowest BCUT2D eigenvalue weighted by Gasteiger charge is -2.08. The van der Waals surface area contributed by atoms with Crippen molar-refractivity contribution in [2.24, 2.45) is 0 Å². The average molecular weight is 314 g/mol. The van der Waals surface area contributed by atoms with Crippen molar-refractivity contribution >= 4 is 27.7 Å². The number of halogens is 1. The molecule has 0 unspecified atom stereocenters. The highest BCUT2D eigenvalue weighted by Crippen LogP contribution is 2.37. The monoisotopic (exact) mass is 313 g/mol. The molecular formula is C12H16BrN3O2. The van der Waals surface area contributed by atoms with Gasteiger partial charge in [0, 0.05) is 36.7 Å². The van der Waals surface area contributed by atoms with Crippen LogP contribution in [0.3, 0.4) is 0 Å². The van der Waals surface area contributed by atoms with E-state index in [-0.39, 0.29) is 11.8 Å². The number of hydrogen-bond donors (Lipinski definition) is 2. The minimum Gasteiger partial charge on any atom is -0.359 e. The highest BCUT2D eigenvalue weighted by Gasteiger charge is 2.27. The summed E-state index contributed by atoms with van der Waals surface area (Å²) in [5.74, 6) is -0.203. The Morgan fingerprint density at radius 1 is 1.50 bits per heavy atom. The van der Waals surface area contributed by atoms with E-state index >= 15 is 0 Å². The summed E-state index contributed by atoms with van der Waals surface area (Å²) in [6, 6.07) is 2.27. The molecule has 98 valence electrons. The quantitative estimate of drug-likeness (QED) is 0.864. The first-order valence-corrected chi connectivity index (χ1v) is 6.77. The molecule has 2 rings (SSSR count). The van der Waals surface area contributed by atoms with Gasteiger partial charge in [-0.05, 0) is 34.8 Å². The van der Waals surface area contributed by atoms with Crippen molar-refractivity contribution in [1.82, 2.24) is 15.2 Å². The summed E-state index contributed by atoms with van der Waals surface area (Å²) in [7, 11) is 1.58. The van der Waals surface area contributed by atoms with E-state index in [0.717, 1.165) is 17.3 Å². The molecule has 1 fully saturated rings. The highest BCUT2D eigenvalue weighted by molar-refractivity contribution is 9.10. The summed E-state index contributed by atoms with van der Waals surface area (Å²) in [6.45, 7) is 0.353. The molecule has 0 aromatic carbocycles. The second kappa shape index (κ2) is 5.56. The van der Waals surface area contributed by atoms with E-state index in [1.807, 2.05) is 16.8 Å². The number of hydrogen-bond acceptors (Lipinski definition) is 2. The Morgan fingerprint density at radius 3 is 2.83 bits per heavy atom. The third-order valence-corrected chi connectivity index (χ3v) is 3.34. The molecule has 1 saturated carbocycles. The van der Waals surface area contributed by atoms with E-state index in [9.17, 15) is 9.59 Å². The Bertz CT molecular complexity index is 466. The van der Waals surface area contributed by atoms with Gasteiger partial charge in [0.2, 0.25) is 5.91 Å². The zero-order valence-corrected chi connectivity index (χ0v) is 11.8. The molecule has 0 bridgehead atoms. The van der Waals surface area contributed by atoms with E-state index in [1.165, 1.54) is 0 Å². The molecular weight excluding hydrogens is 298 g/mol. The Balaban J connectivity index is 1.94. The normalized spacial score (nSPS) is 14.3. The number of nitrogens with zero attached hydrogens (tertiary/aromatic N) is 1. The van der Waals surface area contributed by atoms with Crippen LogP contribution in [0.4, 0.5) is 0 Å². The second-order valence-corrected chi connectivity index (χ2v) is 5.28. The van der Waals surface area contributed by atoms with Crippen molar-refractivity contribution in [2.45, 2.75) is 25.3 Å². The Labute approximate surface area is 114 Å². The molecule has 1 heterocycles. The van der Waals surface area contributed by atoms with E-state index < -0.39 is 0 Å². The number of amides is 2. The summed E-state index contributed by atoms with van der Waals surface area (Å²) in [4.78, 5) is 23.0. The Hall–Kier alpha value is -1.30. The van der Waals surface area contributed by atoms with Gasteiger partial charge in [-0.15, -0.1) is 0 Å². The zero-order chi connectivity index (χ0) is 13.1. The van der Waals surface area contributed by atoms with E-state index in [0.29, 0.717) is 24.7 Å². The largest absolute Gasteiger partial charge is 0.359 e. The van der Waals surface area contributed by atoms with Crippen LogP contribution in [0.2, 0.25) is 0 Å². The first-order chi connectivity index (χ1) is 8.61. The van der Waals surface area contributed by atoms with Crippen molar-refractivity contribution in [3.8, 4) is 0 Å². The molecule has 18 heavy (non-hydrogen) atoms. The van der Waals surface area contributed by atoms with Gasteiger partial charge in [-0.1, -0.05) is 0 Å². The minimum absolute atomic E-state index is 0.0749. The van der Waals surface area contributed by atoms with Gasteiger partial charge in [-0.3, -0.25) is 9.59 Å². The molecule has 2 N–H and O–H groups in total. The Kier molecular flexibility index (Phi) is 4.06. The third kappa shape index (κ3) is 3.13. The lowest BCUT2D eigenvalue weighted by Crippen LogP contribution is -2.30. The van der Waals surface area contributed by atoms with Gasteiger partial charge in [0.25, 0.3) is 5.91 Å². The average Bonchev–Trinajstić information content (AvgIpc) is 3.12. The number of aromatic nitrogens is 1. The highest BCUT2D eigenvalue weighted by atomic mass is 79.9. The fraction of sp³-hybridized carbons (Fsp3) is 0.500. The van der Waals surface area contributed by atoms with Crippen molar-refractivity contribution in [2.75, 3.05) is 13.6 Å². The molecule has 2 amide bonds. The van der Waals surface area contributed by atoms with Gasteiger partial charge in [0.1, 0.15) is 5.69 Å². The molecule has 0 saturated heterocycles. The van der Waals surface area contributed by atoms with Crippen LogP contribution in [0.25, 0.3) is 0 Å². The number of rotatable bonds is 5. The maximum absolute atomic E-state index is 12.0. The van der Waals surface area contributed by atoms with Crippen LogP contribution < -0.4 is 10.6 Å². The predicted molar refractivity (Wildman–Crippen MR) is 71.4 cm³/mol. The number of carbonyl (C=O) groups excluding carboxylic acids is 2. The van der Waals surface area contributed by atoms with Crippen molar-refractivity contribution in [1.29, 1.82) is 0 Å². The predicted octanol–water partition coefficient (Wildman–Crippen LogP) is 1.45. The number of nitrogens with one attached hydrogen (secondary N) is 2. The van der Waals surface area contributed by atoms with E-state index in [4.69, 9.17) is 0 Å². The fourth-order valence-electron chi connectivity index (χ4n) is 1.79. The van der Waals surface area contributed by atoms with Crippen molar-refractivity contribution in [3.05, 3.63) is 22.4 Å². The van der Waals surface area contributed by atoms with Crippen LogP contribution in [0.1, 0.15) is 35.8 Å². The molecule has 0 spiro atoms. The molecule has 5 nitrogen and oxygen atoms in total. The van der Waals surface area contributed by atoms with Crippen LogP contribution in [0, 0.1) is 0 Å². The molecule has 6 heteroatoms. The maximum atomic E-state index is 12.0. The smallest absolute Gasteiger partial charge is 0.267 e. The van der Waals surface area contributed by atoms with Gasteiger partial charge in [0.15, 0.2) is 0 Å².